The lowest BCUT2D eigenvalue weighted by Crippen LogP contribution is -2.22. The van der Waals surface area contributed by atoms with Gasteiger partial charge in [-0.15, -0.1) is 0 Å². The fourth-order valence-electron chi connectivity index (χ4n) is 1.75. The van der Waals surface area contributed by atoms with E-state index in [9.17, 15) is 4.79 Å². The smallest absolute Gasteiger partial charge is 0.251 e. The van der Waals surface area contributed by atoms with Crippen molar-refractivity contribution in [1.29, 1.82) is 0 Å². The van der Waals surface area contributed by atoms with E-state index in [1.807, 2.05) is 37.3 Å². The summed E-state index contributed by atoms with van der Waals surface area (Å²) < 4.78 is 0. The second-order valence-corrected chi connectivity index (χ2v) is 4.66. The third kappa shape index (κ3) is 3.96. The highest BCUT2D eigenvalue weighted by atomic mass is 35.5. The van der Waals surface area contributed by atoms with Gasteiger partial charge < -0.3 is 10.6 Å². The number of benzene rings is 1. The van der Waals surface area contributed by atoms with E-state index >= 15 is 0 Å². The molecule has 4 nitrogen and oxygen atoms in total. The van der Waals surface area contributed by atoms with Crippen molar-refractivity contribution >= 4 is 23.2 Å². The van der Waals surface area contributed by atoms with Gasteiger partial charge in [-0.05, 0) is 36.8 Å². The number of carbonyl (C=O) groups excluding carboxylic acids is 1. The summed E-state index contributed by atoms with van der Waals surface area (Å²) >= 11 is 5.82. The largest absolute Gasteiger partial charge is 0.381 e. The summed E-state index contributed by atoms with van der Waals surface area (Å²) in [5, 5.41) is 6.48. The Balaban J connectivity index is 1.95. The summed E-state index contributed by atoms with van der Waals surface area (Å²) in [6, 6.07) is 11.1. The maximum Gasteiger partial charge on any atom is 0.251 e. The van der Waals surface area contributed by atoms with Crippen molar-refractivity contribution < 1.29 is 4.79 Å². The highest BCUT2D eigenvalue weighted by molar-refractivity contribution is 6.29. The molecule has 104 valence electrons. The lowest BCUT2D eigenvalue weighted by Gasteiger charge is -2.07. The van der Waals surface area contributed by atoms with E-state index in [0.717, 1.165) is 11.3 Å². The minimum absolute atomic E-state index is 0.0482. The minimum Gasteiger partial charge on any atom is -0.381 e. The lowest BCUT2D eigenvalue weighted by molar-refractivity contribution is 0.0956. The van der Waals surface area contributed by atoms with Crippen molar-refractivity contribution in [3.05, 3.63) is 58.9 Å². The van der Waals surface area contributed by atoms with Crippen LogP contribution in [0.25, 0.3) is 0 Å². The van der Waals surface area contributed by atoms with Crippen LogP contribution in [0.3, 0.4) is 0 Å². The van der Waals surface area contributed by atoms with Crippen molar-refractivity contribution in [3.8, 4) is 0 Å². The number of hydrogen-bond acceptors (Lipinski definition) is 3. The first kappa shape index (κ1) is 14.3. The zero-order valence-corrected chi connectivity index (χ0v) is 11.9. The third-order valence-corrected chi connectivity index (χ3v) is 2.98. The van der Waals surface area contributed by atoms with Gasteiger partial charge in [-0.2, -0.15) is 0 Å². The first-order valence-electron chi connectivity index (χ1n) is 6.41. The van der Waals surface area contributed by atoms with Gasteiger partial charge in [-0.3, -0.25) is 4.79 Å². The van der Waals surface area contributed by atoms with E-state index in [-0.39, 0.29) is 5.91 Å². The highest BCUT2D eigenvalue weighted by Crippen LogP contribution is 2.13. The van der Waals surface area contributed by atoms with Gasteiger partial charge in [0.2, 0.25) is 0 Å². The molecule has 0 bridgehead atoms. The summed E-state index contributed by atoms with van der Waals surface area (Å²) in [5.41, 5.74) is 2.67. The number of carbonyl (C=O) groups is 1. The number of hydrogen-bond donors (Lipinski definition) is 2. The molecule has 1 aromatic carbocycles. The van der Waals surface area contributed by atoms with E-state index in [4.69, 9.17) is 11.6 Å². The Hall–Kier alpha value is -2.07. The van der Waals surface area contributed by atoms with Crippen LogP contribution in [-0.4, -0.2) is 17.4 Å². The van der Waals surface area contributed by atoms with Gasteiger partial charge in [0, 0.05) is 30.5 Å². The van der Waals surface area contributed by atoms with Gasteiger partial charge in [-0.25, -0.2) is 4.98 Å². The second-order valence-electron chi connectivity index (χ2n) is 4.28. The average Bonchev–Trinajstić information content (AvgIpc) is 2.46. The molecule has 5 heteroatoms. The van der Waals surface area contributed by atoms with Crippen LogP contribution in [0.1, 0.15) is 22.8 Å². The molecule has 0 aliphatic heterocycles. The van der Waals surface area contributed by atoms with Gasteiger partial charge in [0.15, 0.2) is 0 Å². The van der Waals surface area contributed by atoms with E-state index in [1.165, 1.54) is 0 Å². The summed E-state index contributed by atoms with van der Waals surface area (Å²) in [5.74, 6) is -0.0482. The maximum absolute atomic E-state index is 11.6. The molecule has 1 heterocycles. The summed E-state index contributed by atoms with van der Waals surface area (Å²) in [6.07, 6.45) is 1.66. The van der Waals surface area contributed by atoms with Crippen molar-refractivity contribution in [3.63, 3.8) is 0 Å². The predicted octanol–water partition coefficient (Wildman–Crippen LogP) is 3.10. The van der Waals surface area contributed by atoms with Crippen LogP contribution < -0.4 is 10.6 Å². The Bertz CT molecular complexity index is 584. The van der Waals surface area contributed by atoms with Crippen molar-refractivity contribution in [2.45, 2.75) is 13.5 Å². The van der Waals surface area contributed by atoms with Crippen LogP contribution in [-0.2, 0) is 6.54 Å². The fraction of sp³-hybridized carbons (Fsp3) is 0.200. The molecule has 2 aromatic rings. The van der Waals surface area contributed by atoms with Gasteiger partial charge in [-0.1, -0.05) is 23.7 Å². The number of nitrogens with zero attached hydrogens (tertiary/aromatic N) is 1. The summed E-state index contributed by atoms with van der Waals surface area (Å²) in [6.45, 7) is 3.19. The van der Waals surface area contributed by atoms with E-state index in [2.05, 4.69) is 15.6 Å². The number of nitrogens with one attached hydrogen (secondary N) is 2. The Labute approximate surface area is 123 Å². The van der Waals surface area contributed by atoms with Crippen LogP contribution in [0, 0.1) is 0 Å². The van der Waals surface area contributed by atoms with Gasteiger partial charge in [0.05, 0.1) is 0 Å². The Kier molecular flexibility index (Phi) is 4.96. The quantitative estimate of drug-likeness (QED) is 0.832. The molecule has 0 fully saturated rings. The zero-order valence-electron chi connectivity index (χ0n) is 11.2. The second kappa shape index (κ2) is 6.91. The molecule has 0 radical (unpaired) electrons. The van der Waals surface area contributed by atoms with Crippen LogP contribution in [0.4, 0.5) is 5.69 Å². The normalized spacial score (nSPS) is 10.1. The Morgan fingerprint density at radius 1 is 1.25 bits per heavy atom. The standard InChI is InChI=1S/C15H16ClN3O/c1-2-17-15(20)12-5-3-11(4-6-12)10-19-13-7-8-18-14(16)9-13/h3-9H,2,10H2,1H3,(H,17,20)(H,18,19). The molecule has 2 N–H and O–H groups in total. The van der Waals surface area contributed by atoms with Crippen molar-refractivity contribution in [1.82, 2.24) is 10.3 Å². The predicted molar refractivity (Wildman–Crippen MR) is 81.0 cm³/mol. The first-order valence-corrected chi connectivity index (χ1v) is 6.79. The van der Waals surface area contributed by atoms with Crippen LogP contribution in [0.15, 0.2) is 42.6 Å². The Morgan fingerprint density at radius 2 is 2.00 bits per heavy atom. The van der Waals surface area contributed by atoms with Crippen LogP contribution >= 0.6 is 11.6 Å². The molecule has 1 aromatic heterocycles. The van der Waals surface area contributed by atoms with Gasteiger partial charge in [0.25, 0.3) is 5.91 Å². The molecular weight excluding hydrogens is 274 g/mol. The van der Waals surface area contributed by atoms with E-state index < -0.39 is 0 Å². The molecule has 2 rings (SSSR count). The lowest BCUT2D eigenvalue weighted by atomic mass is 10.1. The van der Waals surface area contributed by atoms with Crippen LogP contribution in [0.5, 0.6) is 0 Å². The number of rotatable bonds is 5. The number of pyridine rings is 1. The number of halogens is 1. The van der Waals surface area contributed by atoms with E-state index in [0.29, 0.717) is 23.8 Å². The molecule has 0 aliphatic carbocycles. The average molecular weight is 290 g/mol. The molecule has 0 unspecified atom stereocenters. The van der Waals surface area contributed by atoms with Gasteiger partial charge >= 0.3 is 0 Å². The van der Waals surface area contributed by atoms with E-state index in [1.54, 1.807) is 12.3 Å². The van der Waals surface area contributed by atoms with Gasteiger partial charge in [0.1, 0.15) is 5.15 Å². The topological polar surface area (TPSA) is 54.0 Å². The first-order chi connectivity index (χ1) is 9.69. The minimum atomic E-state index is -0.0482. The number of anilines is 1. The molecule has 1 amide bonds. The zero-order chi connectivity index (χ0) is 14.4. The summed E-state index contributed by atoms with van der Waals surface area (Å²) in [7, 11) is 0. The highest BCUT2D eigenvalue weighted by Gasteiger charge is 2.03. The third-order valence-electron chi connectivity index (χ3n) is 2.78. The fourth-order valence-corrected chi connectivity index (χ4v) is 1.93. The number of amides is 1. The molecular formula is C15H16ClN3O. The molecule has 20 heavy (non-hydrogen) atoms. The van der Waals surface area contributed by atoms with Crippen molar-refractivity contribution in [2.24, 2.45) is 0 Å². The molecule has 0 atom stereocenters. The monoisotopic (exact) mass is 289 g/mol. The molecule has 0 aliphatic rings. The molecule has 0 saturated carbocycles. The Morgan fingerprint density at radius 3 is 2.65 bits per heavy atom. The summed E-state index contributed by atoms with van der Waals surface area (Å²) in [4.78, 5) is 15.5. The molecule has 0 spiro atoms. The molecule has 0 saturated heterocycles. The SMILES string of the molecule is CCNC(=O)c1ccc(CNc2ccnc(Cl)c2)cc1. The maximum atomic E-state index is 11.6. The van der Waals surface area contributed by atoms with Crippen LogP contribution in [0.2, 0.25) is 5.15 Å². The number of aromatic nitrogens is 1. The van der Waals surface area contributed by atoms with Crippen molar-refractivity contribution in [2.75, 3.05) is 11.9 Å².